The molecule has 0 saturated carbocycles. The summed E-state index contributed by atoms with van der Waals surface area (Å²) >= 11 is 6.31. The summed E-state index contributed by atoms with van der Waals surface area (Å²) in [7, 11) is -3.88. The Morgan fingerprint density at radius 3 is 2.50 bits per heavy atom. The van der Waals surface area contributed by atoms with Gasteiger partial charge in [0.05, 0.1) is 10.9 Å². The van der Waals surface area contributed by atoms with Crippen molar-refractivity contribution in [1.82, 2.24) is 8.87 Å². The average Bonchev–Trinajstić information content (AvgIpc) is 3.17. The molecular formula is C25H20ClFN2O4S. The number of rotatable bonds is 5. The highest BCUT2D eigenvalue weighted by Crippen LogP contribution is 2.48. The van der Waals surface area contributed by atoms with E-state index in [1.165, 1.54) is 16.4 Å². The maximum Gasteiger partial charge on any atom is 0.323 e. The molecule has 3 aromatic carbocycles. The number of sulfonamides is 1. The van der Waals surface area contributed by atoms with E-state index in [1.807, 2.05) is 0 Å². The second kappa shape index (κ2) is 8.23. The molecule has 34 heavy (non-hydrogen) atoms. The molecule has 174 valence electrons. The minimum absolute atomic E-state index is 0.0214. The van der Waals surface area contributed by atoms with E-state index in [2.05, 4.69) is 0 Å². The zero-order valence-corrected chi connectivity index (χ0v) is 19.6. The van der Waals surface area contributed by atoms with Gasteiger partial charge in [-0.05, 0) is 54.4 Å². The normalized spacial score (nSPS) is 17.2. The number of aliphatic carboxylic acids is 1. The summed E-state index contributed by atoms with van der Waals surface area (Å²) in [5.74, 6) is -1.42. The molecule has 2 heterocycles. The molecule has 1 N–H and O–H groups in total. The van der Waals surface area contributed by atoms with Crippen molar-refractivity contribution in [3.05, 3.63) is 100.0 Å². The summed E-state index contributed by atoms with van der Waals surface area (Å²) < 4.78 is 43.9. The lowest BCUT2D eigenvalue weighted by Crippen LogP contribution is -2.29. The predicted octanol–water partition coefficient (Wildman–Crippen LogP) is 5.12. The van der Waals surface area contributed by atoms with Crippen molar-refractivity contribution >= 4 is 38.5 Å². The molecule has 6 nitrogen and oxygen atoms in total. The Labute approximate surface area is 200 Å². The molecule has 1 unspecified atom stereocenters. The number of halogens is 2. The van der Waals surface area contributed by atoms with Crippen LogP contribution in [-0.4, -0.2) is 28.4 Å². The van der Waals surface area contributed by atoms with Crippen LogP contribution in [0.5, 0.6) is 0 Å². The van der Waals surface area contributed by atoms with Crippen LogP contribution in [0, 0.1) is 12.7 Å². The van der Waals surface area contributed by atoms with E-state index in [1.54, 1.807) is 66.1 Å². The topological polar surface area (TPSA) is 79.6 Å². The Morgan fingerprint density at radius 1 is 1.09 bits per heavy atom. The minimum Gasteiger partial charge on any atom is -0.480 e. The number of carbonyl (C=O) groups is 1. The quantitative estimate of drug-likeness (QED) is 0.414. The van der Waals surface area contributed by atoms with Crippen molar-refractivity contribution < 1.29 is 22.7 Å². The Bertz CT molecular complexity index is 1550. The molecular weight excluding hydrogens is 479 g/mol. The second-order valence-corrected chi connectivity index (χ2v) is 10.6. The molecule has 0 amide bonds. The van der Waals surface area contributed by atoms with Gasteiger partial charge >= 0.3 is 5.97 Å². The van der Waals surface area contributed by atoms with Crippen molar-refractivity contribution in [2.24, 2.45) is 0 Å². The number of hydrogen-bond donors (Lipinski definition) is 1. The van der Waals surface area contributed by atoms with Gasteiger partial charge in [0.15, 0.2) is 0 Å². The molecule has 9 heteroatoms. The van der Waals surface area contributed by atoms with E-state index in [-0.39, 0.29) is 18.0 Å². The van der Waals surface area contributed by atoms with Crippen LogP contribution in [0.25, 0.3) is 10.9 Å². The first-order valence-electron chi connectivity index (χ1n) is 10.5. The summed E-state index contributed by atoms with van der Waals surface area (Å²) in [6.07, 6.45) is 0. The van der Waals surface area contributed by atoms with Gasteiger partial charge in [-0.25, -0.2) is 12.8 Å². The summed E-state index contributed by atoms with van der Waals surface area (Å²) in [4.78, 5) is 11.8. The molecule has 0 radical (unpaired) electrons. The van der Waals surface area contributed by atoms with Gasteiger partial charge in [0, 0.05) is 33.7 Å². The smallest absolute Gasteiger partial charge is 0.323 e. The molecule has 0 fully saturated rings. The zero-order valence-electron chi connectivity index (χ0n) is 18.1. The van der Waals surface area contributed by atoms with Crippen LogP contribution in [0.4, 0.5) is 4.39 Å². The lowest BCUT2D eigenvalue weighted by molar-refractivity contribution is -0.137. The lowest BCUT2D eigenvalue weighted by Gasteiger charge is -2.25. The van der Waals surface area contributed by atoms with E-state index in [0.29, 0.717) is 38.3 Å². The molecule has 0 bridgehead atoms. The number of nitrogens with zero attached hydrogens (tertiary/aromatic N) is 2. The number of benzene rings is 3. The van der Waals surface area contributed by atoms with Crippen LogP contribution in [0.3, 0.4) is 0 Å². The maximum absolute atomic E-state index is 13.7. The molecule has 4 aromatic rings. The molecule has 1 atom stereocenters. The van der Waals surface area contributed by atoms with E-state index in [0.717, 1.165) is 0 Å². The fraction of sp³-hybridized carbons (Fsp3) is 0.160. The zero-order chi connectivity index (χ0) is 24.2. The summed E-state index contributed by atoms with van der Waals surface area (Å²) in [6.45, 7) is 1.53. The minimum atomic E-state index is -3.88. The lowest BCUT2D eigenvalue weighted by atomic mass is 9.95. The highest BCUT2D eigenvalue weighted by Gasteiger charge is 2.45. The first kappa shape index (κ1) is 22.6. The molecule has 0 aliphatic carbocycles. The Kier molecular flexibility index (Phi) is 5.47. The number of carboxylic acids is 1. The molecule has 5 rings (SSSR count). The molecule has 1 aliphatic rings. The van der Waals surface area contributed by atoms with Crippen molar-refractivity contribution in [1.29, 1.82) is 0 Å². The molecule has 1 aliphatic heterocycles. The number of aromatic nitrogens is 1. The molecule has 0 saturated heterocycles. The van der Waals surface area contributed by atoms with Crippen molar-refractivity contribution in [2.45, 2.75) is 31.0 Å². The molecule has 1 aromatic heterocycles. The third kappa shape index (κ3) is 3.58. The highest BCUT2D eigenvalue weighted by atomic mass is 35.5. The standard InChI is InChI=1S/C25H20ClFN2O4S/c1-15-24(20-12-17(26)8-11-21(20)28(15)14-23(30)31)25-19-4-2-3-5-22(19)34(32,33)29(25)13-16-6-9-18(27)10-7-16/h2-12,25H,13-14H2,1H3,(H,30,31). The fourth-order valence-corrected chi connectivity index (χ4v) is 6.74. The Hall–Kier alpha value is -3.20. The number of fused-ring (bicyclic) bond motifs is 2. The third-order valence-corrected chi connectivity index (χ3v) is 8.36. The van der Waals surface area contributed by atoms with E-state index in [4.69, 9.17) is 11.6 Å². The van der Waals surface area contributed by atoms with Crippen LogP contribution in [0.15, 0.2) is 71.6 Å². The van der Waals surface area contributed by atoms with Gasteiger partial charge in [-0.15, -0.1) is 0 Å². The highest BCUT2D eigenvalue weighted by molar-refractivity contribution is 7.89. The van der Waals surface area contributed by atoms with Crippen molar-refractivity contribution in [2.75, 3.05) is 0 Å². The third-order valence-electron chi connectivity index (χ3n) is 6.24. The van der Waals surface area contributed by atoms with Crippen LogP contribution in [-0.2, 0) is 27.9 Å². The number of hydrogen-bond acceptors (Lipinski definition) is 3. The van der Waals surface area contributed by atoms with E-state index >= 15 is 0 Å². The maximum atomic E-state index is 13.7. The van der Waals surface area contributed by atoms with Gasteiger partial charge in [-0.3, -0.25) is 4.79 Å². The summed E-state index contributed by atoms with van der Waals surface area (Å²) in [5, 5.41) is 10.7. The van der Waals surface area contributed by atoms with E-state index < -0.39 is 27.9 Å². The van der Waals surface area contributed by atoms with Gasteiger partial charge in [0.25, 0.3) is 0 Å². The van der Waals surface area contributed by atoms with Gasteiger partial charge < -0.3 is 9.67 Å². The van der Waals surface area contributed by atoms with Crippen molar-refractivity contribution in [3.63, 3.8) is 0 Å². The molecule has 0 spiro atoms. The predicted molar refractivity (Wildman–Crippen MR) is 127 cm³/mol. The fourth-order valence-electron chi connectivity index (χ4n) is 4.77. The van der Waals surface area contributed by atoms with Crippen LogP contribution in [0.1, 0.15) is 28.4 Å². The monoisotopic (exact) mass is 498 g/mol. The Balaban J connectivity index is 1.78. The first-order chi connectivity index (χ1) is 16.2. The Morgan fingerprint density at radius 2 is 1.79 bits per heavy atom. The second-order valence-electron chi connectivity index (χ2n) is 8.26. The summed E-state index contributed by atoms with van der Waals surface area (Å²) in [6, 6.07) is 17.0. The van der Waals surface area contributed by atoms with Crippen molar-refractivity contribution in [3.8, 4) is 0 Å². The van der Waals surface area contributed by atoms with E-state index in [9.17, 15) is 22.7 Å². The first-order valence-corrected chi connectivity index (χ1v) is 12.4. The van der Waals surface area contributed by atoms with Crippen LogP contribution in [0.2, 0.25) is 5.02 Å². The van der Waals surface area contributed by atoms with Gasteiger partial charge in [0.2, 0.25) is 10.0 Å². The van der Waals surface area contributed by atoms with Gasteiger partial charge in [-0.1, -0.05) is 41.9 Å². The number of carboxylic acid groups (broad SMARTS) is 1. The SMILES string of the molecule is Cc1c(C2c3ccccc3S(=O)(=O)N2Cc2ccc(F)cc2)c2cc(Cl)ccc2n1CC(=O)O. The average molecular weight is 499 g/mol. The van der Waals surface area contributed by atoms with Crippen LogP contribution >= 0.6 is 11.6 Å². The summed E-state index contributed by atoms with van der Waals surface area (Å²) in [5.41, 5.74) is 3.20. The van der Waals surface area contributed by atoms with Gasteiger partial charge in [0.1, 0.15) is 12.4 Å². The largest absolute Gasteiger partial charge is 0.480 e. The van der Waals surface area contributed by atoms with Gasteiger partial charge in [-0.2, -0.15) is 4.31 Å². The van der Waals surface area contributed by atoms with Crippen LogP contribution < -0.4 is 0 Å².